The molecule has 172 valence electrons. The highest BCUT2D eigenvalue weighted by molar-refractivity contribution is 6.31. The summed E-state index contributed by atoms with van der Waals surface area (Å²) < 4.78 is 1.77. The van der Waals surface area contributed by atoms with Crippen molar-refractivity contribution in [3.05, 3.63) is 112 Å². The standard InChI is InChI=1S/C28H21ClN4O2/c1-17-23(16-30-33(17)2)26-15-21(20-10-6-7-11-24(20)31-26)28(35)32-25-13-12-19(29)14-22(25)27(34)18-8-4-3-5-9-18/h3-16H,1-2H3,(H,32,35). The molecule has 0 aliphatic heterocycles. The molecule has 0 aliphatic carbocycles. The van der Waals surface area contributed by atoms with Crippen molar-refractivity contribution in [2.75, 3.05) is 5.32 Å². The fourth-order valence-electron chi connectivity index (χ4n) is 4.00. The van der Waals surface area contributed by atoms with Crippen LogP contribution in [0.5, 0.6) is 0 Å². The SMILES string of the molecule is Cc1c(-c2cc(C(=O)Nc3ccc(Cl)cc3C(=O)c3ccccc3)c3ccccc3n2)cnn1C. The Morgan fingerprint density at radius 3 is 2.40 bits per heavy atom. The maximum Gasteiger partial charge on any atom is 0.256 e. The zero-order chi connectivity index (χ0) is 24.5. The van der Waals surface area contributed by atoms with Crippen LogP contribution in [0.3, 0.4) is 0 Å². The summed E-state index contributed by atoms with van der Waals surface area (Å²) >= 11 is 6.20. The van der Waals surface area contributed by atoms with Crippen LogP contribution in [-0.2, 0) is 7.05 Å². The Labute approximate surface area is 207 Å². The van der Waals surface area contributed by atoms with E-state index in [9.17, 15) is 9.59 Å². The molecule has 0 aliphatic rings. The first-order valence-electron chi connectivity index (χ1n) is 11.0. The van der Waals surface area contributed by atoms with Gasteiger partial charge in [0.05, 0.1) is 28.7 Å². The summed E-state index contributed by atoms with van der Waals surface area (Å²) in [6.45, 7) is 1.95. The summed E-state index contributed by atoms with van der Waals surface area (Å²) in [7, 11) is 1.86. The number of nitrogens with zero attached hydrogens (tertiary/aromatic N) is 3. The molecule has 1 N–H and O–H groups in total. The quantitative estimate of drug-likeness (QED) is 0.309. The van der Waals surface area contributed by atoms with Gasteiger partial charge in [0.2, 0.25) is 0 Å². The molecule has 35 heavy (non-hydrogen) atoms. The fraction of sp³-hybridized carbons (Fsp3) is 0.0714. The van der Waals surface area contributed by atoms with Gasteiger partial charge in [0.15, 0.2) is 5.78 Å². The molecular weight excluding hydrogens is 460 g/mol. The Morgan fingerprint density at radius 1 is 0.914 bits per heavy atom. The maximum absolute atomic E-state index is 13.6. The molecule has 3 aromatic carbocycles. The van der Waals surface area contributed by atoms with Crippen molar-refractivity contribution in [2.45, 2.75) is 6.92 Å². The van der Waals surface area contributed by atoms with E-state index in [1.807, 2.05) is 44.3 Å². The Bertz CT molecular complexity index is 1590. The van der Waals surface area contributed by atoms with Crippen LogP contribution in [0.1, 0.15) is 32.0 Å². The molecule has 0 fully saturated rings. The van der Waals surface area contributed by atoms with Gasteiger partial charge in [0, 0.05) is 39.8 Å². The van der Waals surface area contributed by atoms with E-state index in [0.29, 0.717) is 44.0 Å². The number of halogens is 1. The Morgan fingerprint density at radius 2 is 1.66 bits per heavy atom. The van der Waals surface area contributed by atoms with Gasteiger partial charge in [0.1, 0.15) is 0 Å². The molecule has 0 bridgehead atoms. The minimum Gasteiger partial charge on any atom is -0.321 e. The Hall–Kier alpha value is -4.29. The number of carbonyl (C=O) groups is 2. The summed E-state index contributed by atoms with van der Waals surface area (Å²) in [6.07, 6.45) is 1.74. The number of hydrogen-bond donors (Lipinski definition) is 1. The number of ketones is 1. The largest absolute Gasteiger partial charge is 0.321 e. The lowest BCUT2D eigenvalue weighted by molar-refractivity contribution is 0.102. The van der Waals surface area contributed by atoms with Gasteiger partial charge in [-0.1, -0.05) is 60.1 Å². The number of amides is 1. The van der Waals surface area contributed by atoms with Gasteiger partial charge in [-0.2, -0.15) is 5.10 Å². The number of pyridine rings is 1. The van der Waals surface area contributed by atoms with Crippen molar-refractivity contribution in [3.63, 3.8) is 0 Å². The molecule has 2 aromatic heterocycles. The van der Waals surface area contributed by atoms with Crippen LogP contribution in [0.15, 0.2) is 85.1 Å². The third-order valence-electron chi connectivity index (χ3n) is 5.98. The second kappa shape index (κ2) is 9.16. The summed E-state index contributed by atoms with van der Waals surface area (Å²) in [5, 5.41) is 8.35. The van der Waals surface area contributed by atoms with Crippen LogP contribution < -0.4 is 5.32 Å². The molecule has 5 rings (SSSR count). The summed E-state index contributed by atoms with van der Waals surface area (Å²) in [6, 6.07) is 23.0. The zero-order valence-corrected chi connectivity index (χ0v) is 19.9. The molecule has 0 saturated carbocycles. The summed E-state index contributed by atoms with van der Waals surface area (Å²) in [5.74, 6) is -0.578. The van der Waals surface area contributed by atoms with Gasteiger partial charge in [-0.15, -0.1) is 0 Å². The van der Waals surface area contributed by atoms with E-state index < -0.39 is 0 Å². The smallest absolute Gasteiger partial charge is 0.256 e. The molecule has 0 spiro atoms. The van der Waals surface area contributed by atoms with Crippen molar-refractivity contribution in [1.29, 1.82) is 0 Å². The minimum atomic E-state index is -0.351. The molecule has 2 heterocycles. The van der Waals surface area contributed by atoms with Crippen molar-refractivity contribution in [1.82, 2.24) is 14.8 Å². The van der Waals surface area contributed by atoms with E-state index in [-0.39, 0.29) is 11.7 Å². The molecule has 6 nitrogen and oxygen atoms in total. The van der Waals surface area contributed by atoms with E-state index in [1.165, 1.54) is 0 Å². The molecule has 5 aromatic rings. The van der Waals surface area contributed by atoms with Crippen LogP contribution in [0, 0.1) is 6.92 Å². The van der Waals surface area contributed by atoms with E-state index in [2.05, 4.69) is 10.4 Å². The molecule has 0 radical (unpaired) electrons. The zero-order valence-electron chi connectivity index (χ0n) is 19.1. The molecule has 0 unspecified atom stereocenters. The van der Waals surface area contributed by atoms with Crippen LogP contribution in [-0.4, -0.2) is 26.5 Å². The molecule has 7 heteroatoms. The van der Waals surface area contributed by atoms with E-state index in [4.69, 9.17) is 16.6 Å². The highest BCUT2D eigenvalue weighted by Gasteiger charge is 2.20. The number of para-hydroxylation sites is 1. The molecule has 0 atom stereocenters. The normalized spacial score (nSPS) is 10.9. The second-order valence-corrected chi connectivity index (χ2v) is 8.62. The second-order valence-electron chi connectivity index (χ2n) is 8.18. The van der Waals surface area contributed by atoms with Crippen LogP contribution >= 0.6 is 11.6 Å². The van der Waals surface area contributed by atoms with Crippen LogP contribution in [0.2, 0.25) is 5.02 Å². The van der Waals surface area contributed by atoms with E-state index in [0.717, 1.165) is 11.3 Å². The minimum absolute atomic E-state index is 0.227. The Balaban J connectivity index is 1.58. The van der Waals surface area contributed by atoms with Gasteiger partial charge in [-0.3, -0.25) is 14.3 Å². The van der Waals surface area contributed by atoms with Crippen molar-refractivity contribution >= 4 is 39.9 Å². The Kier molecular flexibility index (Phi) is 5.89. The lowest BCUT2D eigenvalue weighted by atomic mass is 10.0. The number of carbonyl (C=O) groups excluding carboxylic acids is 2. The van der Waals surface area contributed by atoms with Gasteiger partial charge in [0.25, 0.3) is 5.91 Å². The van der Waals surface area contributed by atoms with E-state index in [1.54, 1.807) is 59.4 Å². The number of benzene rings is 3. The first-order valence-corrected chi connectivity index (χ1v) is 11.4. The average Bonchev–Trinajstić information content (AvgIpc) is 3.22. The molecule has 1 amide bonds. The summed E-state index contributed by atoms with van der Waals surface area (Å²) in [4.78, 5) is 31.6. The van der Waals surface area contributed by atoms with Gasteiger partial charge in [-0.25, -0.2) is 4.98 Å². The van der Waals surface area contributed by atoms with Gasteiger partial charge < -0.3 is 5.32 Å². The average molecular weight is 481 g/mol. The highest BCUT2D eigenvalue weighted by Crippen LogP contribution is 2.29. The van der Waals surface area contributed by atoms with Gasteiger partial charge in [-0.05, 0) is 37.3 Å². The van der Waals surface area contributed by atoms with Crippen molar-refractivity contribution < 1.29 is 9.59 Å². The maximum atomic E-state index is 13.6. The monoisotopic (exact) mass is 480 g/mol. The highest BCUT2D eigenvalue weighted by atomic mass is 35.5. The third-order valence-corrected chi connectivity index (χ3v) is 6.22. The van der Waals surface area contributed by atoms with Crippen molar-refractivity contribution in [2.24, 2.45) is 7.05 Å². The van der Waals surface area contributed by atoms with Crippen LogP contribution in [0.4, 0.5) is 5.69 Å². The number of anilines is 1. The first-order chi connectivity index (χ1) is 16.9. The molecule has 0 saturated heterocycles. The molecular formula is C28H21ClN4O2. The third kappa shape index (κ3) is 4.32. The number of hydrogen-bond acceptors (Lipinski definition) is 4. The predicted octanol–water partition coefficient (Wildman–Crippen LogP) is 6.08. The van der Waals surface area contributed by atoms with E-state index >= 15 is 0 Å². The lowest BCUT2D eigenvalue weighted by Gasteiger charge is -2.13. The summed E-state index contributed by atoms with van der Waals surface area (Å²) in [5.41, 5.74) is 4.78. The topological polar surface area (TPSA) is 76.9 Å². The number of fused-ring (bicyclic) bond motifs is 1. The predicted molar refractivity (Wildman–Crippen MR) is 138 cm³/mol. The number of rotatable bonds is 5. The van der Waals surface area contributed by atoms with Gasteiger partial charge >= 0.3 is 0 Å². The number of aromatic nitrogens is 3. The van der Waals surface area contributed by atoms with Crippen molar-refractivity contribution in [3.8, 4) is 11.3 Å². The lowest BCUT2D eigenvalue weighted by Crippen LogP contribution is -2.16. The number of aryl methyl sites for hydroxylation is 1. The number of nitrogens with one attached hydrogen (secondary N) is 1. The first kappa shape index (κ1) is 22.5. The fourth-order valence-corrected chi connectivity index (χ4v) is 4.17. The van der Waals surface area contributed by atoms with Crippen LogP contribution in [0.25, 0.3) is 22.2 Å².